The van der Waals surface area contributed by atoms with E-state index in [9.17, 15) is 44.5 Å². The van der Waals surface area contributed by atoms with Crippen molar-refractivity contribution in [3.05, 3.63) is 97.4 Å². The summed E-state index contributed by atoms with van der Waals surface area (Å²) in [5.74, 6) is 2.08. The van der Waals surface area contributed by atoms with Crippen molar-refractivity contribution in [2.45, 2.75) is 126 Å². The molecule has 0 atom stereocenters. The molecule has 366 valence electrons. The first-order valence-corrected chi connectivity index (χ1v) is 23.5. The lowest BCUT2D eigenvalue weighted by Gasteiger charge is -2.23. The molecule has 0 bridgehead atoms. The summed E-state index contributed by atoms with van der Waals surface area (Å²) in [6.45, 7) is 26.4. The summed E-state index contributed by atoms with van der Waals surface area (Å²) in [4.78, 5) is 71.7. The van der Waals surface area contributed by atoms with Crippen LogP contribution >= 0.6 is 31.9 Å². The molecule has 0 aliphatic carbocycles. The highest BCUT2D eigenvalue weighted by molar-refractivity contribution is 9.10. The van der Waals surface area contributed by atoms with Crippen molar-refractivity contribution in [3.63, 3.8) is 0 Å². The number of nitro groups is 2. The van der Waals surface area contributed by atoms with Gasteiger partial charge in [-0.3, -0.25) is 40.0 Å². The topological polar surface area (TPSA) is 244 Å². The summed E-state index contributed by atoms with van der Waals surface area (Å²) in [6.07, 6.45) is 0.0204. The van der Waals surface area contributed by atoms with Gasteiger partial charge in [-0.1, -0.05) is 94.2 Å². The fraction of sp³-hybridized carbons (Fsp3) is 0.565. The molecule has 0 saturated carbocycles. The molecule has 0 radical (unpaired) electrons. The Hall–Kier alpha value is -4.92. The third kappa shape index (κ3) is 17.7. The average Bonchev–Trinajstić information content (AvgIpc) is 3.74. The Bertz CT molecular complexity index is 2340. The molecule has 20 heteroatoms. The zero-order valence-electron chi connectivity index (χ0n) is 40.0. The number of halogens is 2. The van der Waals surface area contributed by atoms with Gasteiger partial charge in [-0.25, -0.2) is 9.59 Å². The van der Waals surface area contributed by atoms with Crippen LogP contribution in [0.2, 0.25) is 0 Å². The van der Waals surface area contributed by atoms with Crippen LogP contribution in [0, 0.1) is 38.0 Å². The minimum atomic E-state index is -1.42. The van der Waals surface area contributed by atoms with Crippen LogP contribution in [0.5, 0.6) is 0 Å². The van der Waals surface area contributed by atoms with Crippen molar-refractivity contribution in [1.29, 1.82) is 0 Å². The smallest absolute Gasteiger partial charge is 0.434 e. The van der Waals surface area contributed by atoms with Crippen molar-refractivity contribution < 1.29 is 38.8 Å². The number of nitrogens with zero attached hydrogens (tertiary/aromatic N) is 4. The van der Waals surface area contributed by atoms with Gasteiger partial charge in [0.25, 0.3) is 22.5 Å². The first-order valence-electron chi connectivity index (χ1n) is 21.9. The number of aromatic nitrogens is 4. The summed E-state index contributed by atoms with van der Waals surface area (Å²) in [6, 6.07) is 8.62. The van der Waals surface area contributed by atoms with E-state index in [0.29, 0.717) is 71.3 Å². The molecule has 3 N–H and O–H groups in total. The van der Waals surface area contributed by atoms with Gasteiger partial charge in [-0.2, -0.15) is 9.36 Å². The number of nitrogens with one attached hydrogen (secondary N) is 2. The molecular formula is C46H66Br2N6O12. The number of H-pyrrole nitrogens is 2. The van der Waals surface area contributed by atoms with E-state index in [1.807, 2.05) is 0 Å². The number of nitro benzene ring substituents is 2. The highest BCUT2D eigenvalue weighted by atomic mass is 79.9. The maximum atomic E-state index is 12.9. The lowest BCUT2D eigenvalue weighted by molar-refractivity contribution is -0.384. The van der Waals surface area contributed by atoms with Crippen LogP contribution in [0.15, 0.2) is 54.9 Å². The van der Waals surface area contributed by atoms with E-state index in [1.54, 1.807) is 26.8 Å². The average molecular weight is 1050 g/mol. The fourth-order valence-corrected chi connectivity index (χ4v) is 7.18. The Morgan fingerprint density at radius 3 is 1.30 bits per heavy atom. The quantitative estimate of drug-likeness (QED) is 0.121. The number of hydrogen-bond donors (Lipinski definition) is 3. The molecule has 6 rings (SSSR count). The maximum Gasteiger partial charge on any atom is 0.434 e. The zero-order chi connectivity index (χ0) is 50.2. The molecule has 66 heavy (non-hydrogen) atoms. The lowest BCUT2D eigenvalue weighted by Crippen LogP contribution is -2.28. The number of rotatable bonds is 6. The second kappa shape index (κ2) is 26.4. The van der Waals surface area contributed by atoms with Crippen molar-refractivity contribution in [3.8, 4) is 22.5 Å². The number of carbonyl (C=O) groups excluding carboxylic acids is 1. The van der Waals surface area contributed by atoms with E-state index in [1.165, 1.54) is 30.3 Å². The molecule has 0 amide bonds. The van der Waals surface area contributed by atoms with Gasteiger partial charge in [0, 0.05) is 58.6 Å². The third-order valence-corrected chi connectivity index (χ3v) is 9.71. The summed E-state index contributed by atoms with van der Waals surface area (Å²) >= 11 is 6.57. The standard InChI is InChI=1S/C19H22BrN3O6.C15H14BrN3O6.3C4H10/c1-19(2,3)29-18(25)22-16(13-10-12(20)4-5-14(13)23(26)27)15(17(24)21-22)11-6-8-28-9-7-11;16-9-1-2-11(19(23)24)10(7-9)13-12(8-3-5-25-6-4-8)14(20)17-18(13)15(21)22;3*1-4(2)3/h4-5,10-11H,6-9H2,1-3H3,(H,21,24);1-2,7-8H,3-6H2,(H,17,20)(H,21,22);3*4H,1-3H3. The molecule has 2 fully saturated rings. The summed E-state index contributed by atoms with van der Waals surface area (Å²) in [5, 5.41) is 37.3. The van der Waals surface area contributed by atoms with Crippen LogP contribution in [0.4, 0.5) is 21.0 Å². The van der Waals surface area contributed by atoms with Crippen molar-refractivity contribution in [2.75, 3.05) is 26.4 Å². The van der Waals surface area contributed by atoms with E-state index in [4.69, 9.17) is 14.2 Å². The molecule has 2 aliphatic heterocycles. The molecule has 4 aromatic rings. The van der Waals surface area contributed by atoms with Crippen LogP contribution in [0.1, 0.15) is 132 Å². The lowest BCUT2D eigenvalue weighted by atomic mass is 9.89. The number of aromatic amines is 2. The zero-order valence-corrected chi connectivity index (χ0v) is 43.2. The molecule has 0 unspecified atom stereocenters. The second-order valence-electron chi connectivity index (χ2n) is 18.6. The van der Waals surface area contributed by atoms with Gasteiger partial charge in [0.2, 0.25) is 0 Å². The van der Waals surface area contributed by atoms with Crippen LogP contribution in [-0.4, -0.2) is 78.7 Å². The maximum absolute atomic E-state index is 12.9. The van der Waals surface area contributed by atoms with Gasteiger partial charge in [-0.05, 0) is 100 Å². The molecule has 4 heterocycles. The summed E-state index contributed by atoms with van der Waals surface area (Å²) < 4.78 is 18.8. The largest absolute Gasteiger partial charge is 0.463 e. The van der Waals surface area contributed by atoms with Crippen molar-refractivity contribution in [2.24, 2.45) is 17.8 Å². The number of carbonyl (C=O) groups is 2. The van der Waals surface area contributed by atoms with E-state index in [0.717, 1.165) is 22.4 Å². The molecule has 2 aromatic heterocycles. The Kier molecular flexibility index (Phi) is 22.9. The van der Waals surface area contributed by atoms with Crippen LogP contribution in [0.3, 0.4) is 0 Å². The van der Waals surface area contributed by atoms with Crippen molar-refractivity contribution >= 4 is 55.4 Å². The normalized spacial score (nSPS) is 14.1. The van der Waals surface area contributed by atoms with Crippen molar-refractivity contribution in [1.82, 2.24) is 19.6 Å². The Morgan fingerprint density at radius 2 is 1.00 bits per heavy atom. The molecular weight excluding hydrogens is 988 g/mol. The third-order valence-electron chi connectivity index (χ3n) is 8.72. The Labute approximate surface area is 402 Å². The van der Waals surface area contributed by atoms with E-state index < -0.39 is 38.8 Å². The SMILES string of the molecule is CC(C)(C)OC(=O)n1[nH]c(=O)c(C2CCOCC2)c1-c1cc(Br)ccc1[N+](=O)[O-].CC(C)C.CC(C)C.CC(C)C.O=C(O)n1[nH]c(=O)c(C2CCOCC2)c1-c1cc(Br)ccc1[N+](=O)[O-]. The highest BCUT2D eigenvalue weighted by Crippen LogP contribution is 2.40. The minimum absolute atomic E-state index is 0.0115. The first kappa shape index (κ1) is 57.2. The number of ether oxygens (including phenoxy) is 3. The predicted octanol–water partition coefficient (Wildman–Crippen LogP) is 12.1. The molecule has 2 aliphatic rings. The van der Waals surface area contributed by atoms with Gasteiger partial charge in [0.15, 0.2) is 0 Å². The van der Waals surface area contributed by atoms with E-state index >= 15 is 0 Å². The van der Waals surface area contributed by atoms with Gasteiger partial charge in [0.05, 0.1) is 32.4 Å². The Balaban J connectivity index is 0.000000367. The van der Waals surface area contributed by atoms with Crippen LogP contribution in [-0.2, 0) is 14.2 Å². The summed E-state index contributed by atoms with van der Waals surface area (Å²) in [5.41, 5.74) is -1.34. The highest BCUT2D eigenvalue weighted by Gasteiger charge is 2.34. The fourth-order valence-electron chi connectivity index (χ4n) is 6.45. The number of benzene rings is 2. The van der Waals surface area contributed by atoms with E-state index in [-0.39, 0.29) is 51.3 Å². The second-order valence-corrected chi connectivity index (χ2v) is 20.5. The first-order chi connectivity index (χ1) is 30.7. The van der Waals surface area contributed by atoms with Crippen LogP contribution in [0.25, 0.3) is 22.5 Å². The van der Waals surface area contributed by atoms with E-state index in [2.05, 4.69) is 104 Å². The number of carboxylic acid groups (broad SMARTS) is 1. The van der Waals surface area contributed by atoms with Crippen LogP contribution < -0.4 is 11.1 Å². The molecule has 2 saturated heterocycles. The summed E-state index contributed by atoms with van der Waals surface area (Å²) in [7, 11) is 0. The molecule has 18 nitrogen and oxygen atoms in total. The van der Waals surface area contributed by atoms with Gasteiger partial charge in [0.1, 0.15) is 5.60 Å². The van der Waals surface area contributed by atoms with Gasteiger partial charge in [-0.15, -0.1) is 0 Å². The molecule has 2 aromatic carbocycles. The Morgan fingerprint density at radius 1 is 0.682 bits per heavy atom. The predicted molar refractivity (Wildman–Crippen MR) is 262 cm³/mol. The monoisotopic (exact) mass is 1050 g/mol. The number of hydrogen-bond acceptors (Lipinski definition) is 11. The van der Waals surface area contributed by atoms with Gasteiger partial charge < -0.3 is 19.3 Å². The minimum Gasteiger partial charge on any atom is -0.463 e. The van der Waals surface area contributed by atoms with Gasteiger partial charge >= 0.3 is 12.2 Å². The molecule has 0 spiro atoms.